The number of nitrogens with zero attached hydrogens (tertiary/aromatic N) is 2. The molecule has 7 heteroatoms. The molecule has 2 heterocycles. The summed E-state index contributed by atoms with van der Waals surface area (Å²) in [7, 11) is 1.61. The van der Waals surface area contributed by atoms with Crippen LogP contribution < -0.4 is 10.6 Å². The van der Waals surface area contributed by atoms with Crippen molar-refractivity contribution >= 4 is 11.9 Å². The van der Waals surface area contributed by atoms with Gasteiger partial charge in [0.1, 0.15) is 0 Å². The highest BCUT2D eigenvalue weighted by Gasteiger charge is 2.28. The standard InChI is InChI=1S/C20H30N4O3/c1-21-19(25)17-6-4-5-16(13-17)14-22-20(26)24-8-3-2-7-18(24)15-23-9-11-27-12-10-23/h4-6,13,18H,2-3,7-12,14-15H2,1H3,(H,21,25)(H,22,26)/t18-/m0/s1. The van der Waals surface area contributed by atoms with E-state index in [0.717, 1.165) is 57.8 Å². The van der Waals surface area contributed by atoms with Gasteiger partial charge in [-0.05, 0) is 37.0 Å². The molecule has 2 aliphatic heterocycles. The first kappa shape index (κ1) is 19.6. The Hall–Kier alpha value is -2.12. The van der Waals surface area contributed by atoms with E-state index in [-0.39, 0.29) is 18.0 Å². The number of benzene rings is 1. The molecule has 0 aromatic heterocycles. The SMILES string of the molecule is CNC(=O)c1cccc(CNC(=O)N2CCCC[C@H]2CN2CCOCC2)c1. The summed E-state index contributed by atoms with van der Waals surface area (Å²) in [5.74, 6) is -0.121. The summed E-state index contributed by atoms with van der Waals surface area (Å²) in [6, 6.07) is 7.60. The lowest BCUT2D eigenvalue weighted by molar-refractivity contribution is 0.0221. The Morgan fingerprint density at radius 2 is 2.00 bits per heavy atom. The van der Waals surface area contributed by atoms with Gasteiger partial charge in [0.15, 0.2) is 0 Å². The number of morpholine rings is 1. The van der Waals surface area contributed by atoms with Crippen LogP contribution in [0.5, 0.6) is 0 Å². The lowest BCUT2D eigenvalue weighted by Crippen LogP contribution is -2.53. The first-order valence-electron chi connectivity index (χ1n) is 9.83. The fourth-order valence-corrected chi connectivity index (χ4v) is 3.79. The van der Waals surface area contributed by atoms with Gasteiger partial charge in [0.2, 0.25) is 0 Å². The van der Waals surface area contributed by atoms with Gasteiger partial charge in [0.25, 0.3) is 5.91 Å². The molecule has 1 atom stereocenters. The van der Waals surface area contributed by atoms with E-state index < -0.39 is 0 Å². The van der Waals surface area contributed by atoms with Crippen LogP contribution in [0, 0.1) is 0 Å². The highest BCUT2D eigenvalue weighted by molar-refractivity contribution is 5.94. The number of carbonyl (C=O) groups is 2. The zero-order chi connectivity index (χ0) is 19.1. The first-order chi connectivity index (χ1) is 13.2. The molecular formula is C20H30N4O3. The van der Waals surface area contributed by atoms with Gasteiger partial charge in [-0.15, -0.1) is 0 Å². The zero-order valence-electron chi connectivity index (χ0n) is 16.1. The van der Waals surface area contributed by atoms with E-state index in [0.29, 0.717) is 12.1 Å². The van der Waals surface area contributed by atoms with E-state index in [1.54, 1.807) is 13.1 Å². The van der Waals surface area contributed by atoms with Crippen LogP contribution in [0.25, 0.3) is 0 Å². The number of urea groups is 1. The summed E-state index contributed by atoms with van der Waals surface area (Å²) in [5, 5.41) is 5.65. The molecule has 0 bridgehead atoms. The van der Waals surface area contributed by atoms with E-state index in [1.807, 2.05) is 23.1 Å². The van der Waals surface area contributed by atoms with Crippen LogP contribution in [0.3, 0.4) is 0 Å². The van der Waals surface area contributed by atoms with Crippen molar-refractivity contribution in [2.24, 2.45) is 0 Å². The van der Waals surface area contributed by atoms with Gasteiger partial charge in [-0.3, -0.25) is 9.69 Å². The third-order valence-electron chi connectivity index (χ3n) is 5.32. The van der Waals surface area contributed by atoms with Crippen LogP contribution in [0.15, 0.2) is 24.3 Å². The van der Waals surface area contributed by atoms with Gasteiger partial charge in [-0.1, -0.05) is 12.1 Å². The molecule has 7 nitrogen and oxygen atoms in total. The number of amides is 3. The average molecular weight is 374 g/mol. The Balaban J connectivity index is 1.56. The van der Waals surface area contributed by atoms with Crippen LogP contribution in [0.4, 0.5) is 4.79 Å². The van der Waals surface area contributed by atoms with Gasteiger partial charge in [-0.2, -0.15) is 0 Å². The van der Waals surface area contributed by atoms with Gasteiger partial charge in [-0.25, -0.2) is 4.79 Å². The maximum Gasteiger partial charge on any atom is 0.317 e. The minimum Gasteiger partial charge on any atom is -0.379 e. The second-order valence-electron chi connectivity index (χ2n) is 7.19. The molecule has 27 heavy (non-hydrogen) atoms. The van der Waals surface area contributed by atoms with Crippen molar-refractivity contribution in [3.63, 3.8) is 0 Å². The van der Waals surface area contributed by atoms with Crippen LogP contribution in [-0.4, -0.2) is 74.2 Å². The second kappa shape index (κ2) is 9.71. The summed E-state index contributed by atoms with van der Waals surface area (Å²) >= 11 is 0. The first-order valence-corrected chi connectivity index (χ1v) is 9.83. The van der Waals surface area contributed by atoms with Crippen molar-refractivity contribution in [2.75, 3.05) is 46.4 Å². The van der Waals surface area contributed by atoms with Crippen molar-refractivity contribution in [1.29, 1.82) is 0 Å². The van der Waals surface area contributed by atoms with Crippen molar-refractivity contribution in [3.8, 4) is 0 Å². The van der Waals surface area contributed by atoms with Gasteiger partial charge >= 0.3 is 6.03 Å². The normalized spacial score (nSPS) is 20.9. The summed E-state index contributed by atoms with van der Waals surface area (Å²) in [4.78, 5) is 28.9. The van der Waals surface area contributed by atoms with Crippen LogP contribution in [0.1, 0.15) is 35.2 Å². The van der Waals surface area contributed by atoms with E-state index in [4.69, 9.17) is 4.74 Å². The quantitative estimate of drug-likeness (QED) is 0.818. The third-order valence-corrected chi connectivity index (χ3v) is 5.32. The summed E-state index contributed by atoms with van der Waals surface area (Å²) < 4.78 is 5.42. The van der Waals surface area contributed by atoms with Crippen molar-refractivity contribution in [2.45, 2.75) is 31.8 Å². The van der Waals surface area contributed by atoms with Crippen LogP contribution in [0.2, 0.25) is 0 Å². The molecule has 0 aliphatic carbocycles. The zero-order valence-corrected chi connectivity index (χ0v) is 16.1. The van der Waals surface area contributed by atoms with E-state index in [2.05, 4.69) is 15.5 Å². The molecule has 3 rings (SSSR count). The summed E-state index contributed by atoms with van der Waals surface area (Å²) in [6.07, 6.45) is 3.28. The summed E-state index contributed by atoms with van der Waals surface area (Å²) in [6.45, 7) is 5.59. The smallest absolute Gasteiger partial charge is 0.317 e. The Bertz CT molecular complexity index is 646. The molecular weight excluding hydrogens is 344 g/mol. The largest absolute Gasteiger partial charge is 0.379 e. The molecule has 0 saturated carbocycles. The molecule has 0 radical (unpaired) electrons. The molecule has 0 spiro atoms. The monoisotopic (exact) mass is 374 g/mol. The number of hydrogen-bond acceptors (Lipinski definition) is 4. The van der Waals surface area contributed by atoms with Crippen molar-refractivity contribution in [3.05, 3.63) is 35.4 Å². The molecule has 2 fully saturated rings. The fourth-order valence-electron chi connectivity index (χ4n) is 3.79. The van der Waals surface area contributed by atoms with Crippen LogP contribution >= 0.6 is 0 Å². The number of nitrogens with one attached hydrogen (secondary N) is 2. The number of ether oxygens (including phenoxy) is 1. The Labute approximate surface area is 161 Å². The number of likely N-dealkylation sites (tertiary alicyclic amines) is 1. The molecule has 1 aromatic rings. The van der Waals surface area contributed by atoms with Gasteiger partial charge < -0.3 is 20.3 Å². The maximum absolute atomic E-state index is 12.8. The van der Waals surface area contributed by atoms with E-state index in [9.17, 15) is 9.59 Å². The molecule has 2 saturated heterocycles. The van der Waals surface area contributed by atoms with Gasteiger partial charge in [0.05, 0.1) is 13.2 Å². The third kappa shape index (κ3) is 5.43. The average Bonchev–Trinajstić information content (AvgIpc) is 2.73. The fraction of sp³-hybridized carbons (Fsp3) is 0.600. The Kier molecular flexibility index (Phi) is 7.06. The topological polar surface area (TPSA) is 73.9 Å². The number of piperidine rings is 1. The molecule has 148 valence electrons. The lowest BCUT2D eigenvalue weighted by atomic mass is 10.0. The molecule has 0 unspecified atom stereocenters. The van der Waals surface area contributed by atoms with Crippen molar-refractivity contribution in [1.82, 2.24) is 20.4 Å². The molecule has 2 N–H and O–H groups in total. The van der Waals surface area contributed by atoms with Gasteiger partial charge in [0, 0.05) is 51.4 Å². The van der Waals surface area contributed by atoms with Crippen molar-refractivity contribution < 1.29 is 14.3 Å². The predicted molar refractivity (Wildman–Crippen MR) is 104 cm³/mol. The second-order valence-corrected chi connectivity index (χ2v) is 7.19. The predicted octanol–water partition coefficient (Wildman–Crippen LogP) is 1.44. The molecule has 3 amide bonds. The minimum atomic E-state index is -0.121. The number of carbonyl (C=O) groups excluding carboxylic acids is 2. The lowest BCUT2D eigenvalue weighted by Gasteiger charge is -2.39. The van der Waals surface area contributed by atoms with E-state index in [1.165, 1.54) is 6.42 Å². The maximum atomic E-state index is 12.8. The summed E-state index contributed by atoms with van der Waals surface area (Å²) in [5.41, 5.74) is 1.53. The highest BCUT2D eigenvalue weighted by Crippen LogP contribution is 2.19. The number of rotatable bonds is 5. The number of hydrogen-bond donors (Lipinski definition) is 2. The van der Waals surface area contributed by atoms with Crippen LogP contribution in [-0.2, 0) is 11.3 Å². The minimum absolute atomic E-state index is 0.0155. The molecule has 2 aliphatic rings. The highest BCUT2D eigenvalue weighted by atomic mass is 16.5. The molecule has 1 aromatic carbocycles. The Morgan fingerprint density at radius 3 is 2.78 bits per heavy atom. The van der Waals surface area contributed by atoms with E-state index >= 15 is 0 Å². The Morgan fingerprint density at radius 1 is 1.19 bits per heavy atom.